The van der Waals surface area contributed by atoms with Gasteiger partial charge in [0.25, 0.3) is 0 Å². The zero-order chi connectivity index (χ0) is 18.3. The molecular weight excluding hydrogens is 373 g/mol. The molecule has 1 aliphatic rings. The van der Waals surface area contributed by atoms with Crippen molar-refractivity contribution in [2.24, 2.45) is 0 Å². The molecule has 6 heteroatoms. The van der Waals surface area contributed by atoms with E-state index in [0.717, 1.165) is 40.8 Å². The van der Waals surface area contributed by atoms with E-state index in [2.05, 4.69) is 6.92 Å². The van der Waals surface area contributed by atoms with Crippen LogP contribution in [0.1, 0.15) is 24.5 Å². The van der Waals surface area contributed by atoms with Gasteiger partial charge in [-0.2, -0.15) is 0 Å². The van der Waals surface area contributed by atoms with Crippen molar-refractivity contribution in [3.05, 3.63) is 68.0 Å². The molecule has 134 valence electrons. The second-order valence-electron chi connectivity index (χ2n) is 6.30. The fourth-order valence-corrected chi connectivity index (χ4v) is 3.78. The molecule has 0 saturated heterocycles. The van der Waals surface area contributed by atoms with E-state index in [1.807, 2.05) is 29.2 Å². The van der Waals surface area contributed by atoms with Crippen LogP contribution in [0, 0.1) is 0 Å². The molecule has 26 heavy (non-hydrogen) atoms. The number of anilines is 1. The lowest BCUT2D eigenvalue weighted by molar-refractivity contribution is 0.289. The molecule has 2 heterocycles. The molecule has 0 fully saturated rings. The Morgan fingerprint density at radius 3 is 2.85 bits per heavy atom. The van der Waals surface area contributed by atoms with Gasteiger partial charge in [0.1, 0.15) is 11.3 Å². The van der Waals surface area contributed by atoms with E-state index < -0.39 is 0 Å². The maximum atomic E-state index is 12.1. The number of rotatable bonds is 3. The van der Waals surface area contributed by atoms with Gasteiger partial charge in [0.2, 0.25) is 0 Å². The van der Waals surface area contributed by atoms with Gasteiger partial charge in [-0.1, -0.05) is 42.6 Å². The first-order chi connectivity index (χ1) is 12.6. The van der Waals surface area contributed by atoms with E-state index in [-0.39, 0.29) is 5.63 Å². The number of aryl methyl sites for hydroxylation is 1. The number of benzene rings is 2. The summed E-state index contributed by atoms with van der Waals surface area (Å²) in [5.74, 6) is 0.726. The molecule has 0 spiro atoms. The summed E-state index contributed by atoms with van der Waals surface area (Å²) in [4.78, 5) is 14.0. The second-order valence-corrected chi connectivity index (χ2v) is 7.09. The standard InChI is InChI=1S/C20H17Cl2NO3/c1-2-4-12-9-18(24)26-20-13(12)7-8-17-14(20)10-23(11-25-17)16-6-3-5-15(21)19(16)22/h3,5-9H,2,4,10-11H2,1H3. The molecule has 0 bridgehead atoms. The van der Waals surface area contributed by atoms with E-state index in [9.17, 15) is 4.79 Å². The smallest absolute Gasteiger partial charge is 0.336 e. The Labute approximate surface area is 160 Å². The summed E-state index contributed by atoms with van der Waals surface area (Å²) >= 11 is 12.5. The third-order valence-corrected chi connectivity index (χ3v) is 5.38. The van der Waals surface area contributed by atoms with Gasteiger partial charge in [-0.25, -0.2) is 4.79 Å². The monoisotopic (exact) mass is 389 g/mol. The van der Waals surface area contributed by atoms with Crippen molar-refractivity contribution >= 4 is 39.9 Å². The van der Waals surface area contributed by atoms with Crippen LogP contribution >= 0.6 is 23.2 Å². The van der Waals surface area contributed by atoms with Crippen LogP contribution in [0.4, 0.5) is 5.69 Å². The van der Waals surface area contributed by atoms with Gasteiger partial charge in [-0.3, -0.25) is 0 Å². The van der Waals surface area contributed by atoms with Crippen molar-refractivity contribution in [2.75, 3.05) is 11.6 Å². The highest BCUT2D eigenvalue weighted by Crippen LogP contribution is 2.38. The minimum atomic E-state index is -0.340. The average Bonchev–Trinajstić information content (AvgIpc) is 2.63. The average molecular weight is 390 g/mol. The van der Waals surface area contributed by atoms with Crippen LogP contribution in [0.5, 0.6) is 5.75 Å². The molecule has 0 amide bonds. The number of hydrogen-bond acceptors (Lipinski definition) is 4. The molecule has 0 radical (unpaired) electrons. The zero-order valence-corrected chi connectivity index (χ0v) is 15.7. The van der Waals surface area contributed by atoms with Crippen molar-refractivity contribution in [3.8, 4) is 5.75 Å². The minimum Gasteiger partial charge on any atom is -0.473 e. The van der Waals surface area contributed by atoms with E-state index >= 15 is 0 Å². The molecule has 3 aromatic rings. The predicted octanol–water partition coefficient (Wildman–Crippen LogP) is 5.41. The summed E-state index contributed by atoms with van der Waals surface area (Å²) in [5.41, 5.74) is 2.88. The highest BCUT2D eigenvalue weighted by molar-refractivity contribution is 6.43. The van der Waals surface area contributed by atoms with Crippen molar-refractivity contribution < 1.29 is 9.15 Å². The summed E-state index contributed by atoms with van der Waals surface area (Å²) < 4.78 is 11.5. The maximum Gasteiger partial charge on any atom is 0.336 e. The van der Waals surface area contributed by atoms with E-state index in [1.54, 1.807) is 12.1 Å². The van der Waals surface area contributed by atoms with Gasteiger partial charge in [0.15, 0.2) is 6.73 Å². The first-order valence-electron chi connectivity index (χ1n) is 8.49. The normalized spacial score (nSPS) is 13.6. The molecule has 0 atom stereocenters. The molecule has 4 nitrogen and oxygen atoms in total. The largest absolute Gasteiger partial charge is 0.473 e. The van der Waals surface area contributed by atoms with Crippen molar-refractivity contribution in [2.45, 2.75) is 26.3 Å². The highest BCUT2D eigenvalue weighted by atomic mass is 35.5. The van der Waals surface area contributed by atoms with E-state index in [1.165, 1.54) is 0 Å². The summed E-state index contributed by atoms with van der Waals surface area (Å²) in [7, 11) is 0. The highest BCUT2D eigenvalue weighted by Gasteiger charge is 2.24. The van der Waals surface area contributed by atoms with Crippen LogP contribution in [0.3, 0.4) is 0 Å². The van der Waals surface area contributed by atoms with Crippen molar-refractivity contribution in [1.82, 2.24) is 0 Å². The third-order valence-electron chi connectivity index (χ3n) is 4.57. The minimum absolute atomic E-state index is 0.340. The SMILES string of the molecule is CCCc1cc(=O)oc2c3c(ccc12)OCN(c1cccc(Cl)c1Cl)C3. The van der Waals surface area contributed by atoms with E-state index in [0.29, 0.717) is 28.9 Å². The Morgan fingerprint density at radius 2 is 2.04 bits per heavy atom. The number of halogens is 2. The quantitative estimate of drug-likeness (QED) is 0.561. The van der Waals surface area contributed by atoms with Crippen molar-refractivity contribution in [3.63, 3.8) is 0 Å². The number of fused-ring (bicyclic) bond motifs is 3. The Bertz CT molecular complexity index is 1050. The topological polar surface area (TPSA) is 42.7 Å². The van der Waals surface area contributed by atoms with Crippen LogP contribution in [0.2, 0.25) is 10.0 Å². The zero-order valence-electron chi connectivity index (χ0n) is 14.2. The number of nitrogens with zero attached hydrogens (tertiary/aromatic N) is 1. The fraction of sp³-hybridized carbons (Fsp3) is 0.250. The third kappa shape index (κ3) is 2.93. The Balaban J connectivity index is 1.84. The molecule has 4 rings (SSSR count). The van der Waals surface area contributed by atoms with Gasteiger partial charge >= 0.3 is 5.63 Å². The van der Waals surface area contributed by atoms with Gasteiger partial charge in [0, 0.05) is 11.5 Å². The van der Waals surface area contributed by atoms with Crippen LogP contribution in [0.15, 0.2) is 45.6 Å². The van der Waals surface area contributed by atoms with E-state index in [4.69, 9.17) is 32.4 Å². The van der Waals surface area contributed by atoms with Crippen LogP contribution < -0.4 is 15.3 Å². The number of hydrogen-bond donors (Lipinski definition) is 0. The summed E-state index contributed by atoms with van der Waals surface area (Å²) in [6.07, 6.45) is 1.78. The first kappa shape index (κ1) is 17.3. The van der Waals surface area contributed by atoms with Gasteiger partial charge in [-0.05, 0) is 36.2 Å². The summed E-state index contributed by atoms with van der Waals surface area (Å²) in [6.45, 7) is 2.95. The lowest BCUT2D eigenvalue weighted by Crippen LogP contribution is -2.32. The molecule has 0 unspecified atom stereocenters. The molecule has 2 aromatic carbocycles. The van der Waals surface area contributed by atoms with Crippen molar-refractivity contribution in [1.29, 1.82) is 0 Å². The fourth-order valence-electron chi connectivity index (χ4n) is 3.37. The van der Waals surface area contributed by atoms with Gasteiger partial charge in [-0.15, -0.1) is 0 Å². The summed E-state index contributed by atoms with van der Waals surface area (Å²) in [5, 5.41) is 1.92. The van der Waals surface area contributed by atoms with Crippen LogP contribution in [-0.4, -0.2) is 6.73 Å². The van der Waals surface area contributed by atoms with Gasteiger partial charge in [0.05, 0.1) is 27.8 Å². The molecular formula is C20H17Cl2NO3. The first-order valence-corrected chi connectivity index (χ1v) is 9.24. The lowest BCUT2D eigenvalue weighted by Gasteiger charge is -2.31. The van der Waals surface area contributed by atoms with Gasteiger partial charge < -0.3 is 14.1 Å². The Hall–Kier alpha value is -2.17. The molecule has 0 N–H and O–H groups in total. The molecule has 1 aromatic heterocycles. The number of ether oxygens (including phenoxy) is 1. The molecule has 0 aliphatic carbocycles. The molecule has 0 saturated carbocycles. The Morgan fingerprint density at radius 1 is 1.19 bits per heavy atom. The predicted molar refractivity (Wildman–Crippen MR) is 105 cm³/mol. The Kier molecular flexibility index (Phi) is 4.55. The lowest BCUT2D eigenvalue weighted by atomic mass is 10.0. The van der Waals surface area contributed by atoms with Crippen LogP contribution in [0.25, 0.3) is 11.0 Å². The summed E-state index contributed by atoms with van der Waals surface area (Å²) in [6, 6.07) is 11.0. The van der Waals surface area contributed by atoms with Crippen LogP contribution in [-0.2, 0) is 13.0 Å². The second kappa shape index (κ2) is 6.86. The molecule has 1 aliphatic heterocycles. The maximum absolute atomic E-state index is 12.1.